The Hall–Kier alpha value is -3.53. The van der Waals surface area contributed by atoms with Gasteiger partial charge in [-0.2, -0.15) is 0 Å². The number of ether oxygens (including phenoxy) is 1. The fourth-order valence-electron chi connectivity index (χ4n) is 3.76. The van der Waals surface area contributed by atoms with Gasteiger partial charge in [-0.3, -0.25) is 0 Å². The van der Waals surface area contributed by atoms with Gasteiger partial charge in [-0.05, 0) is 46.9 Å². The lowest BCUT2D eigenvalue weighted by molar-refractivity contribution is 0.0699. The van der Waals surface area contributed by atoms with E-state index in [9.17, 15) is 9.90 Å². The Kier molecular flexibility index (Phi) is 5.57. The van der Waals surface area contributed by atoms with Crippen LogP contribution >= 0.6 is 0 Å². The van der Waals surface area contributed by atoms with E-state index in [1.807, 2.05) is 42.6 Å². The number of rotatable bonds is 7. The zero-order chi connectivity index (χ0) is 21.1. The van der Waals surface area contributed by atoms with Crippen molar-refractivity contribution in [2.24, 2.45) is 0 Å². The molecule has 0 atom stereocenters. The van der Waals surface area contributed by atoms with Crippen LogP contribution in [0.15, 0.2) is 79.0 Å². The zero-order valence-electron chi connectivity index (χ0n) is 17.2. The molecule has 4 rings (SSSR count). The highest BCUT2D eigenvalue weighted by Crippen LogP contribution is 2.29. The van der Waals surface area contributed by atoms with E-state index >= 15 is 0 Å². The number of hydrogen-bond acceptors (Lipinski definition) is 2. The topological polar surface area (TPSA) is 51.5 Å². The molecular formula is C26H25NO3. The van der Waals surface area contributed by atoms with E-state index in [4.69, 9.17) is 4.74 Å². The summed E-state index contributed by atoms with van der Waals surface area (Å²) in [5.41, 5.74) is 4.73. The first-order chi connectivity index (χ1) is 14.5. The van der Waals surface area contributed by atoms with Crippen molar-refractivity contribution in [1.82, 2.24) is 4.57 Å². The highest BCUT2D eigenvalue weighted by atomic mass is 16.5. The minimum atomic E-state index is -0.902. The molecule has 1 aromatic heterocycles. The van der Waals surface area contributed by atoms with E-state index in [0.717, 1.165) is 27.8 Å². The molecule has 0 saturated heterocycles. The van der Waals surface area contributed by atoms with Gasteiger partial charge >= 0.3 is 5.97 Å². The number of carboxylic acids is 1. The van der Waals surface area contributed by atoms with Crippen molar-refractivity contribution in [3.8, 4) is 5.75 Å². The van der Waals surface area contributed by atoms with Gasteiger partial charge in [0.15, 0.2) is 0 Å². The Morgan fingerprint density at radius 3 is 2.50 bits per heavy atom. The molecule has 0 saturated carbocycles. The zero-order valence-corrected chi connectivity index (χ0v) is 17.2. The molecule has 0 spiro atoms. The van der Waals surface area contributed by atoms with Crippen LogP contribution in [0.5, 0.6) is 5.75 Å². The third-order valence-electron chi connectivity index (χ3n) is 5.33. The molecule has 0 aliphatic heterocycles. The predicted molar refractivity (Wildman–Crippen MR) is 119 cm³/mol. The molecule has 0 radical (unpaired) electrons. The summed E-state index contributed by atoms with van der Waals surface area (Å²) in [6.07, 6.45) is 1.95. The number of carboxylic acid groups (broad SMARTS) is 1. The van der Waals surface area contributed by atoms with Crippen molar-refractivity contribution >= 4 is 16.9 Å². The Morgan fingerprint density at radius 2 is 1.77 bits per heavy atom. The first-order valence-corrected chi connectivity index (χ1v) is 10.1. The standard InChI is InChI=1S/C26H25NO3/c1-18(2)23-15-20(11-12-25(23)30-17-19-7-4-3-5-8-19)16-27-14-13-21-22(26(28)29)9-6-10-24(21)27/h3-15,18H,16-17H2,1-2H3,(H,28,29). The fourth-order valence-corrected chi connectivity index (χ4v) is 3.76. The van der Waals surface area contributed by atoms with Gasteiger partial charge in [-0.15, -0.1) is 0 Å². The van der Waals surface area contributed by atoms with Crippen LogP contribution in [0.1, 0.15) is 46.8 Å². The van der Waals surface area contributed by atoms with Crippen LogP contribution < -0.4 is 4.74 Å². The molecule has 0 unspecified atom stereocenters. The predicted octanol–water partition coefficient (Wildman–Crippen LogP) is 6.09. The molecule has 30 heavy (non-hydrogen) atoms. The summed E-state index contributed by atoms with van der Waals surface area (Å²) in [5.74, 6) is 0.333. The smallest absolute Gasteiger partial charge is 0.336 e. The summed E-state index contributed by atoms with van der Waals surface area (Å²) < 4.78 is 8.20. The average Bonchev–Trinajstić information content (AvgIpc) is 3.16. The van der Waals surface area contributed by atoms with E-state index < -0.39 is 5.97 Å². The van der Waals surface area contributed by atoms with Gasteiger partial charge in [-0.25, -0.2) is 4.79 Å². The number of hydrogen-bond donors (Lipinski definition) is 1. The largest absolute Gasteiger partial charge is 0.489 e. The fraction of sp³-hybridized carbons (Fsp3) is 0.192. The lowest BCUT2D eigenvalue weighted by Gasteiger charge is -2.16. The van der Waals surface area contributed by atoms with Crippen LogP contribution in [0.25, 0.3) is 10.9 Å². The van der Waals surface area contributed by atoms with Crippen LogP contribution in [0.3, 0.4) is 0 Å². The molecule has 4 heteroatoms. The van der Waals surface area contributed by atoms with Crippen LogP contribution in [-0.2, 0) is 13.2 Å². The van der Waals surface area contributed by atoms with Crippen LogP contribution in [-0.4, -0.2) is 15.6 Å². The Bertz CT molecular complexity index is 1180. The summed E-state index contributed by atoms with van der Waals surface area (Å²) >= 11 is 0. The van der Waals surface area contributed by atoms with Crippen molar-refractivity contribution < 1.29 is 14.6 Å². The number of carbonyl (C=O) groups is 1. The monoisotopic (exact) mass is 399 g/mol. The number of aromatic carboxylic acids is 1. The summed E-state index contributed by atoms with van der Waals surface area (Å²) in [6, 6.07) is 23.7. The lowest BCUT2D eigenvalue weighted by Crippen LogP contribution is -2.03. The second kappa shape index (κ2) is 8.46. The van der Waals surface area contributed by atoms with Crippen molar-refractivity contribution in [3.05, 3.63) is 101 Å². The third kappa shape index (κ3) is 4.08. The van der Waals surface area contributed by atoms with Crippen molar-refractivity contribution in [3.63, 3.8) is 0 Å². The maximum Gasteiger partial charge on any atom is 0.336 e. The van der Waals surface area contributed by atoms with Crippen molar-refractivity contribution in [2.75, 3.05) is 0 Å². The van der Waals surface area contributed by atoms with Gasteiger partial charge in [0.05, 0.1) is 5.56 Å². The van der Waals surface area contributed by atoms with Gasteiger partial charge in [0.2, 0.25) is 0 Å². The summed E-state index contributed by atoms with van der Waals surface area (Å²) in [6.45, 7) is 5.54. The molecule has 0 aliphatic carbocycles. The van der Waals surface area contributed by atoms with Gasteiger partial charge in [-0.1, -0.05) is 62.4 Å². The molecule has 0 bridgehead atoms. The number of fused-ring (bicyclic) bond motifs is 1. The summed E-state index contributed by atoms with van der Waals surface area (Å²) in [4.78, 5) is 11.5. The highest BCUT2D eigenvalue weighted by molar-refractivity contribution is 6.03. The Labute approximate surface area is 176 Å². The average molecular weight is 399 g/mol. The van der Waals surface area contributed by atoms with E-state index in [0.29, 0.717) is 24.6 Å². The Morgan fingerprint density at radius 1 is 0.967 bits per heavy atom. The quantitative estimate of drug-likeness (QED) is 0.409. The van der Waals surface area contributed by atoms with Gasteiger partial charge in [0, 0.05) is 23.6 Å². The molecule has 0 fully saturated rings. The number of nitrogens with zero attached hydrogens (tertiary/aromatic N) is 1. The highest BCUT2D eigenvalue weighted by Gasteiger charge is 2.13. The third-order valence-corrected chi connectivity index (χ3v) is 5.33. The van der Waals surface area contributed by atoms with Crippen LogP contribution in [0.4, 0.5) is 0 Å². The summed E-state index contributed by atoms with van der Waals surface area (Å²) in [5, 5.41) is 10.2. The van der Waals surface area contributed by atoms with Gasteiger partial charge in [0.1, 0.15) is 12.4 Å². The lowest BCUT2D eigenvalue weighted by atomic mass is 9.99. The first-order valence-electron chi connectivity index (χ1n) is 10.1. The normalized spacial score (nSPS) is 11.2. The first kappa shape index (κ1) is 19.8. The van der Waals surface area contributed by atoms with Gasteiger partial charge in [0.25, 0.3) is 0 Å². The molecule has 152 valence electrons. The molecule has 1 N–H and O–H groups in total. The second-order valence-corrected chi connectivity index (χ2v) is 7.79. The van der Waals surface area contributed by atoms with Gasteiger partial charge < -0.3 is 14.4 Å². The van der Waals surface area contributed by atoms with Crippen LogP contribution in [0.2, 0.25) is 0 Å². The molecule has 0 amide bonds. The van der Waals surface area contributed by atoms with Crippen molar-refractivity contribution in [2.45, 2.75) is 32.9 Å². The second-order valence-electron chi connectivity index (χ2n) is 7.79. The van der Waals surface area contributed by atoms with E-state index in [1.54, 1.807) is 12.1 Å². The molecule has 1 heterocycles. The van der Waals surface area contributed by atoms with Crippen molar-refractivity contribution in [1.29, 1.82) is 0 Å². The SMILES string of the molecule is CC(C)c1cc(Cn2ccc3c(C(=O)O)cccc32)ccc1OCc1ccccc1. The molecule has 0 aliphatic rings. The Balaban J connectivity index is 1.59. The minimum Gasteiger partial charge on any atom is -0.489 e. The van der Waals surface area contributed by atoms with E-state index in [-0.39, 0.29) is 0 Å². The molecule has 4 aromatic rings. The maximum absolute atomic E-state index is 11.5. The van der Waals surface area contributed by atoms with E-state index in [2.05, 4.69) is 42.7 Å². The molecular weight excluding hydrogens is 374 g/mol. The maximum atomic E-state index is 11.5. The molecule has 3 aromatic carbocycles. The minimum absolute atomic E-state index is 0.329. The number of benzene rings is 3. The van der Waals surface area contributed by atoms with Crippen LogP contribution in [0, 0.1) is 0 Å². The summed E-state index contributed by atoms with van der Waals surface area (Å²) in [7, 11) is 0. The molecule has 4 nitrogen and oxygen atoms in total. The van der Waals surface area contributed by atoms with E-state index in [1.165, 1.54) is 5.56 Å². The number of aromatic nitrogens is 1.